The highest BCUT2D eigenvalue weighted by Crippen LogP contribution is 2.28. The molecule has 0 bridgehead atoms. The number of piperazine rings is 1. The Hall–Kier alpha value is -4.63. The largest absolute Gasteiger partial charge is 0.487 e. The van der Waals surface area contributed by atoms with Crippen molar-refractivity contribution >= 4 is 28.7 Å². The van der Waals surface area contributed by atoms with Gasteiger partial charge in [-0.25, -0.2) is 0 Å². The van der Waals surface area contributed by atoms with Gasteiger partial charge in [0.1, 0.15) is 17.9 Å². The number of likely N-dealkylation sites (N-methyl/N-ethyl adjacent to an activating group) is 1. The van der Waals surface area contributed by atoms with Crippen LogP contribution in [-0.2, 0) is 6.61 Å². The Balaban J connectivity index is 1.31. The number of benzene rings is 2. The summed E-state index contributed by atoms with van der Waals surface area (Å²) >= 11 is 0. The van der Waals surface area contributed by atoms with Crippen LogP contribution in [0.5, 0.6) is 5.75 Å². The first-order valence-corrected chi connectivity index (χ1v) is 12.5. The summed E-state index contributed by atoms with van der Waals surface area (Å²) in [5.74, 6) is 0.0346. The van der Waals surface area contributed by atoms with Crippen LogP contribution in [-0.4, -0.2) is 54.0 Å². The van der Waals surface area contributed by atoms with Crippen molar-refractivity contribution in [3.63, 3.8) is 0 Å². The van der Waals surface area contributed by atoms with E-state index in [0.717, 1.165) is 37.4 Å². The first kappa shape index (κ1) is 25.0. The van der Waals surface area contributed by atoms with Gasteiger partial charge in [-0.1, -0.05) is 30.3 Å². The van der Waals surface area contributed by atoms with Gasteiger partial charge in [-0.3, -0.25) is 14.6 Å². The van der Waals surface area contributed by atoms with E-state index >= 15 is 0 Å². The molecule has 0 saturated carbocycles. The predicted molar refractivity (Wildman–Crippen MR) is 149 cm³/mol. The van der Waals surface area contributed by atoms with E-state index in [1.807, 2.05) is 54.6 Å². The summed E-state index contributed by atoms with van der Waals surface area (Å²) in [6, 6.07) is 20.9. The van der Waals surface area contributed by atoms with Gasteiger partial charge in [0, 0.05) is 56.0 Å². The van der Waals surface area contributed by atoms with Crippen LogP contribution < -0.4 is 25.8 Å². The molecule has 0 radical (unpaired) electrons. The monoisotopic (exact) mass is 510 g/mol. The first-order chi connectivity index (χ1) is 18.6. The molecule has 38 heavy (non-hydrogen) atoms. The Morgan fingerprint density at radius 2 is 1.74 bits per heavy atom. The van der Waals surface area contributed by atoms with Crippen molar-refractivity contribution in [1.29, 1.82) is 0 Å². The lowest BCUT2D eigenvalue weighted by Gasteiger charge is -2.34. The van der Waals surface area contributed by atoms with Crippen LogP contribution >= 0.6 is 0 Å². The summed E-state index contributed by atoms with van der Waals surface area (Å²) in [6.07, 6.45) is 4.72. The molecule has 2 aromatic heterocycles. The number of aromatic nitrogens is 2. The van der Waals surface area contributed by atoms with Crippen molar-refractivity contribution < 1.29 is 9.53 Å². The number of H-pyrrole nitrogens is 1. The van der Waals surface area contributed by atoms with Gasteiger partial charge >= 0.3 is 0 Å². The van der Waals surface area contributed by atoms with Gasteiger partial charge in [-0.2, -0.15) is 0 Å². The molecule has 9 heteroatoms. The van der Waals surface area contributed by atoms with Crippen LogP contribution in [0.15, 0.2) is 90.1 Å². The molecule has 1 fully saturated rings. The molecule has 0 spiro atoms. The van der Waals surface area contributed by atoms with Crippen molar-refractivity contribution in [3.8, 4) is 5.75 Å². The quantitative estimate of drug-likeness (QED) is 0.328. The van der Waals surface area contributed by atoms with Gasteiger partial charge in [0.05, 0.1) is 17.6 Å². The molecule has 4 aromatic rings. The van der Waals surface area contributed by atoms with Crippen molar-refractivity contribution in [2.24, 2.45) is 0 Å². The minimum Gasteiger partial charge on any atom is -0.487 e. The highest BCUT2D eigenvalue weighted by Gasteiger charge is 2.19. The zero-order chi connectivity index (χ0) is 26.3. The second-order valence-corrected chi connectivity index (χ2v) is 9.16. The molecule has 0 atom stereocenters. The first-order valence-electron chi connectivity index (χ1n) is 12.5. The number of aromatic amines is 1. The minimum atomic E-state index is -0.516. The third kappa shape index (κ3) is 6.01. The summed E-state index contributed by atoms with van der Waals surface area (Å²) in [6.45, 7) is 4.32. The molecule has 5 rings (SSSR count). The van der Waals surface area contributed by atoms with Crippen LogP contribution in [0, 0.1) is 0 Å². The highest BCUT2D eigenvalue weighted by molar-refractivity contribution is 6.08. The second kappa shape index (κ2) is 11.6. The molecule has 2 aromatic carbocycles. The summed E-state index contributed by atoms with van der Waals surface area (Å²) in [5, 5.41) is 6.01. The van der Waals surface area contributed by atoms with Gasteiger partial charge in [-0.15, -0.1) is 0 Å². The van der Waals surface area contributed by atoms with Crippen molar-refractivity contribution in [2.75, 3.05) is 48.8 Å². The van der Waals surface area contributed by atoms with Gasteiger partial charge in [0.25, 0.3) is 11.5 Å². The topological polar surface area (TPSA) is 103 Å². The van der Waals surface area contributed by atoms with Gasteiger partial charge in [-0.05, 0) is 42.9 Å². The number of hydrogen-bond donors (Lipinski definition) is 3. The number of nitrogens with zero attached hydrogens (tertiary/aromatic N) is 3. The maximum atomic E-state index is 13.2. The van der Waals surface area contributed by atoms with E-state index in [1.54, 1.807) is 24.5 Å². The van der Waals surface area contributed by atoms with Gasteiger partial charge in [0.15, 0.2) is 0 Å². The number of rotatable bonds is 8. The molecule has 9 nitrogen and oxygen atoms in total. The van der Waals surface area contributed by atoms with Crippen molar-refractivity contribution in [1.82, 2.24) is 14.9 Å². The van der Waals surface area contributed by atoms with Crippen LogP contribution in [0.2, 0.25) is 0 Å². The fraction of sp³-hybridized carbons (Fsp3) is 0.207. The smallest absolute Gasteiger partial charge is 0.263 e. The normalized spacial score (nSPS) is 13.7. The fourth-order valence-corrected chi connectivity index (χ4v) is 4.30. The number of anilines is 4. The van der Waals surface area contributed by atoms with Crippen molar-refractivity contribution in [2.45, 2.75) is 6.61 Å². The lowest BCUT2D eigenvalue weighted by molar-refractivity contribution is 0.102. The molecule has 0 aliphatic carbocycles. The Kier molecular flexibility index (Phi) is 7.65. The number of hydrogen-bond acceptors (Lipinski definition) is 7. The van der Waals surface area contributed by atoms with Crippen LogP contribution in [0.25, 0.3) is 0 Å². The number of amides is 1. The summed E-state index contributed by atoms with van der Waals surface area (Å²) in [4.78, 5) is 37.4. The SMILES string of the molecule is CN1CCN(c2ccc(NC(=O)c3c(Nc4cnccc4OCc4ccccc4)cc[nH]c3=O)cc2)CC1. The standard InChI is InChI=1S/C29H30N6O3/c1-34-15-17-35(18-16-34)23-9-7-22(8-10-23)32-29(37)27-24(11-14-31-28(27)36)33-25-19-30-13-12-26(25)38-20-21-5-3-2-4-6-21/h2-14,19H,15-18,20H2,1H3,(H,32,37)(H2,31,33,36). The molecule has 1 aliphatic heterocycles. The third-order valence-electron chi connectivity index (χ3n) is 6.47. The highest BCUT2D eigenvalue weighted by atomic mass is 16.5. The van der Waals surface area contributed by atoms with E-state index in [-0.39, 0.29) is 5.56 Å². The number of pyridine rings is 2. The van der Waals surface area contributed by atoms with E-state index in [4.69, 9.17) is 4.74 Å². The molecule has 194 valence electrons. The zero-order valence-electron chi connectivity index (χ0n) is 21.2. The Labute approximate surface area is 221 Å². The summed E-state index contributed by atoms with van der Waals surface area (Å²) in [5.41, 5.74) is 3.08. The number of nitrogens with one attached hydrogen (secondary N) is 3. The Morgan fingerprint density at radius 3 is 2.50 bits per heavy atom. The number of ether oxygens (including phenoxy) is 1. The molecule has 3 heterocycles. The summed E-state index contributed by atoms with van der Waals surface area (Å²) in [7, 11) is 2.12. The van der Waals surface area contributed by atoms with Crippen LogP contribution in [0.4, 0.5) is 22.7 Å². The van der Waals surface area contributed by atoms with E-state index in [1.165, 1.54) is 6.20 Å². The molecular formula is C29H30N6O3. The second-order valence-electron chi connectivity index (χ2n) is 9.16. The van der Waals surface area contributed by atoms with E-state index < -0.39 is 11.5 Å². The average Bonchev–Trinajstić information content (AvgIpc) is 2.94. The third-order valence-corrected chi connectivity index (χ3v) is 6.47. The minimum absolute atomic E-state index is 0.0338. The molecule has 1 saturated heterocycles. The number of carbonyl (C=O) groups excluding carboxylic acids is 1. The lowest BCUT2D eigenvalue weighted by Crippen LogP contribution is -2.44. The maximum Gasteiger partial charge on any atom is 0.263 e. The lowest BCUT2D eigenvalue weighted by atomic mass is 10.2. The molecule has 3 N–H and O–H groups in total. The fourth-order valence-electron chi connectivity index (χ4n) is 4.30. The Bertz CT molecular complexity index is 1430. The maximum absolute atomic E-state index is 13.2. The van der Waals surface area contributed by atoms with Crippen molar-refractivity contribution in [3.05, 3.63) is 107 Å². The van der Waals surface area contributed by atoms with E-state index in [0.29, 0.717) is 29.4 Å². The molecule has 1 amide bonds. The van der Waals surface area contributed by atoms with E-state index in [2.05, 4.69) is 37.4 Å². The summed E-state index contributed by atoms with van der Waals surface area (Å²) < 4.78 is 5.99. The molecular weight excluding hydrogens is 480 g/mol. The molecule has 1 aliphatic rings. The van der Waals surface area contributed by atoms with Gasteiger partial charge < -0.3 is 30.2 Å². The Morgan fingerprint density at radius 1 is 0.974 bits per heavy atom. The zero-order valence-corrected chi connectivity index (χ0v) is 21.2. The van der Waals surface area contributed by atoms with Crippen LogP contribution in [0.1, 0.15) is 15.9 Å². The predicted octanol–water partition coefficient (Wildman–Crippen LogP) is 4.10. The van der Waals surface area contributed by atoms with E-state index in [9.17, 15) is 9.59 Å². The van der Waals surface area contributed by atoms with Gasteiger partial charge in [0.2, 0.25) is 0 Å². The average molecular weight is 511 g/mol. The number of carbonyl (C=O) groups is 1. The van der Waals surface area contributed by atoms with Crippen LogP contribution in [0.3, 0.4) is 0 Å². The molecule has 0 unspecified atom stereocenters.